The fourth-order valence-corrected chi connectivity index (χ4v) is 1.17. The molecule has 1 aromatic rings. The van der Waals surface area contributed by atoms with Crippen LogP contribution in [0.3, 0.4) is 0 Å². The number of hydrogen-bond donors (Lipinski definition) is 1. The van der Waals surface area contributed by atoms with E-state index in [9.17, 15) is 9.90 Å². The van der Waals surface area contributed by atoms with Crippen molar-refractivity contribution >= 4 is 18.4 Å². The molecule has 0 heterocycles. The first-order chi connectivity index (χ1) is 6.24. The average molecular weight is 174 g/mol. The van der Waals surface area contributed by atoms with Crippen LogP contribution in [0.2, 0.25) is 0 Å². The Kier molecular flexibility index (Phi) is 2.65. The molecule has 2 nitrogen and oxygen atoms in total. The fraction of sp³-hybridized carbons (Fsp3) is 0. The van der Waals surface area contributed by atoms with Gasteiger partial charge in [-0.25, -0.2) is 0 Å². The molecule has 0 bridgehead atoms. The summed E-state index contributed by atoms with van der Waals surface area (Å²) in [5.74, 6) is -0.0319. The Bertz CT molecular complexity index is 365. The summed E-state index contributed by atoms with van der Waals surface area (Å²) in [6, 6.07) is 3.15. The predicted molar refractivity (Wildman–Crippen MR) is 53.7 cm³/mol. The quantitative estimate of drug-likeness (QED) is 0.715. The van der Waals surface area contributed by atoms with E-state index in [4.69, 9.17) is 0 Å². The summed E-state index contributed by atoms with van der Waals surface area (Å²) in [5.41, 5.74) is 1.66. The lowest BCUT2D eigenvalue weighted by Crippen LogP contribution is -1.90. The molecule has 2 heteroatoms. The van der Waals surface area contributed by atoms with Crippen molar-refractivity contribution in [3.8, 4) is 5.75 Å². The number of carbonyl (C=O) groups excluding carboxylic acids is 1. The summed E-state index contributed by atoms with van der Waals surface area (Å²) in [4.78, 5) is 10.6. The van der Waals surface area contributed by atoms with Gasteiger partial charge in [0.1, 0.15) is 5.75 Å². The van der Waals surface area contributed by atoms with Crippen LogP contribution in [0.15, 0.2) is 25.3 Å². The van der Waals surface area contributed by atoms with Crippen LogP contribution in [-0.2, 0) is 0 Å². The van der Waals surface area contributed by atoms with Crippen molar-refractivity contribution in [3.05, 3.63) is 42.0 Å². The molecule has 0 aromatic heterocycles. The van der Waals surface area contributed by atoms with Crippen LogP contribution in [0.1, 0.15) is 21.5 Å². The summed E-state index contributed by atoms with van der Waals surface area (Å²) in [5, 5.41) is 9.33. The van der Waals surface area contributed by atoms with E-state index in [0.29, 0.717) is 11.8 Å². The van der Waals surface area contributed by atoms with E-state index in [-0.39, 0.29) is 11.3 Å². The number of phenolic OH excluding ortho intramolecular Hbond substituents is 1. The Balaban J connectivity index is 3.53. The Labute approximate surface area is 76.8 Å². The molecule has 66 valence electrons. The Hall–Kier alpha value is -1.83. The highest BCUT2D eigenvalue weighted by molar-refractivity contribution is 5.88. The van der Waals surface area contributed by atoms with Gasteiger partial charge >= 0.3 is 0 Å². The molecule has 0 amide bonds. The van der Waals surface area contributed by atoms with Gasteiger partial charge in [-0.1, -0.05) is 31.4 Å². The van der Waals surface area contributed by atoms with Crippen molar-refractivity contribution in [2.24, 2.45) is 0 Å². The largest absolute Gasteiger partial charge is 0.507 e. The third-order valence-corrected chi connectivity index (χ3v) is 1.84. The summed E-state index contributed by atoms with van der Waals surface area (Å²) in [7, 11) is 0. The molecule has 1 N–H and O–H groups in total. The number of carbonyl (C=O) groups is 1. The van der Waals surface area contributed by atoms with Crippen LogP contribution in [-0.4, -0.2) is 11.4 Å². The second kappa shape index (κ2) is 3.72. The molecule has 1 rings (SSSR count). The molecule has 0 saturated heterocycles. The molecule has 13 heavy (non-hydrogen) atoms. The molecule has 0 aliphatic heterocycles. The van der Waals surface area contributed by atoms with Crippen molar-refractivity contribution in [2.45, 2.75) is 0 Å². The highest BCUT2D eigenvalue weighted by Crippen LogP contribution is 2.24. The Morgan fingerprint density at radius 3 is 2.31 bits per heavy atom. The minimum atomic E-state index is -0.0319. The van der Waals surface area contributed by atoms with E-state index < -0.39 is 0 Å². The lowest BCUT2D eigenvalue weighted by molar-refractivity contribution is 0.112. The molecule has 0 fully saturated rings. The van der Waals surface area contributed by atoms with Crippen molar-refractivity contribution in [1.29, 1.82) is 0 Å². The number of benzene rings is 1. The predicted octanol–water partition coefficient (Wildman–Crippen LogP) is 2.49. The van der Waals surface area contributed by atoms with Gasteiger partial charge in [-0.15, -0.1) is 0 Å². The molecular weight excluding hydrogens is 164 g/mol. The Morgan fingerprint density at radius 1 is 1.15 bits per heavy atom. The first-order valence-corrected chi connectivity index (χ1v) is 3.80. The van der Waals surface area contributed by atoms with Gasteiger partial charge in [-0.2, -0.15) is 0 Å². The monoisotopic (exact) mass is 174 g/mol. The van der Waals surface area contributed by atoms with Crippen LogP contribution in [0.4, 0.5) is 0 Å². The van der Waals surface area contributed by atoms with E-state index in [0.717, 1.165) is 5.56 Å². The van der Waals surface area contributed by atoms with Crippen molar-refractivity contribution < 1.29 is 9.90 Å². The van der Waals surface area contributed by atoms with E-state index in [1.807, 2.05) is 0 Å². The van der Waals surface area contributed by atoms with Gasteiger partial charge < -0.3 is 5.11 Å². The number of hydrogen-bond acceptors (Lipinski definition) is 2. The van der Waals surface area contributed by atoms with Crippen LogP contribution in [0, 0.1) is 0 Å². The van der Waals surface area contributed by atoms with Gasteiger partial charge in [0.05, 0.1) is 5.56 Å². The lowest BCUT2D eigenvalue weighted by Gasteiger charge is -2.05. The molecule has 0 atom stereocenters. The second-order valence-corrected chi connectivity index (χ2v) is 2.53. The first-order valence-electron chi connectivity index (χ1n) is 3.80. The third-order valence-electron chi connectivity index (χ3n) is 1.84. The maximum absolute atomic E-state index is 10.6. The fourth-order valence-electron chi connectivity index (χ4n) is 1.17. The Morgan fingerprint density at radius 2 is 1.85 bits per heavy atom. The number of rotatable bonds is 3. The van der Waals surface area contributed by atoms with Gasteiger partial charge in [-0.05, 0) is 17.2 Å². The summed E-state index contributed by atoms with van der Waals surface area (Å²) in [6.07, 6.45) is 3.75. The number of aldehydes is 1. The van der Waals surface area contributed by atoms with Crippen molar-refractivity contribution in [2.75, 3.05) is 0 Å². The van der Waals surface area contributed by atoms with E-state index in [2.05, 4.69) is 13.2 Å². The van der Waals surface area contributed by atoms with Crippen LogP contribution in [0.25, 0.3) is 12.2 Å². The van der Waals surface area contributed by atoms with E-state index in [1.165, 1.54) is 12.1 Å². The number of aromatic hydroxyl groups is 1. The van der Waals surface area contributed by atoms with Gasteiger partial charge in [-0.3, -0.25) is 4.79 Å². The summed E-state index contributed by atoms with van der Waals surface area (Å²) < 4.78 is 0. The zero-order chi connectivity index (χ0) is 9.84. The van der Waals surface area contributed by atoms with Gasteiger partial charge in [0, 0.05) is 0 Å². The smallest absolute Gasteiger partial charge is 0.154 e. The lowest BCUT2D eigenvalue weighted by atomic mass is 10.0. The molecule has 0 spiro atoms. The molecule has 0 unspecified atom stereocenters. The third kappa shape index (κ3) is 1.51. The average Bonchev–Trinajstić information content (AvgIpc) is 2.17. The zero-order valence-corrected chi connectivity index (χ0v) is 7.16. The highest BCUT2D eigenvalue weighted by atomic mass is 16.3. The number of phenols is 1. The molecule has 1 aromatic carbocycles. The molecule has 0 radical (unpaired) electrons. The SMILES string of the molecule is C=Cc1ccc(O)c(C=O)c1C=C. The molecular formula is C11H10O2. The minimum absolute atomic E-state index is 0.0319. The molecule has 0 saturated carbocycles. The maximum Gasteiger partial charge on any atom is 0.154 e. The highest BCUT2D eigenvalue weighted by Gasteiger charge is 2.07. The zero-order valence-electron chi connectivity index (χ0n) is 7.16. The minimum Gasteiger partial charge on any atom is -0.507 e. The standard InChI is InChI=1S/C11H10O2/c1-3-8-5-6-11(13)10(7-12)9(8)4-2/h3-7,13H,1-2H2. The van der Waals surface area contributed by atoms with Crippen LogP contribution < -0.4 is 0 Å². The van der Waals surface area contributed by atoms with Crippen molar-refractivity contribution in [1.82, 2.24) is 0 Å². The van der Waals surface area contributed by atoms with Crippen molar-refractivity contribution in [3.63, 3.8) is 0 Å². The van der Waals surface area contributed by atoms with Crippen LogP contribution >= 0.6 is 0 Å². The van der Waals surface area contributed by atoms with Gasteiger partial charge in [0.15, 0.2) is 6.29 Å². The summed E-state index contributed by atoms with van der Waals surface area (Å²) in [6.45, 7) is 7.17. The van der Waals surface area contributed by atoms with E-state index >= 15 is 0 Å². The molecule has 0 aliphatic rings. The normalized spacial score (nSPS) is 9.23. The van der Waals surface area contributed by atoms with Crippen LogP contribution in [0.5, 0.6) is 5.75 Å². The first kappa shape index (κ1) is 9.26. The van der Waals surface area contributed by atoms with E-state index in [1.54, 1.807) is 12.1 Å². The van der Waals surface area contributed by atoms with Gasteiger partial charge in [0.25, 0.3) is 0 Å². The maximum atomic E-state index is 10.6. The molecule has 0 aliphatic carbocycles. The topological polar surface area (TPSA) is 37.3 Å². The summed E-state index contributed by atoms with van der Waals surface area (Å²) >= 11 is 0. The van der Waals surface area contributed by atoms with Gasteiger partial charge in [0.2, 0.25) is 0 Å². The second-order valence-electron chi connectivity index (χ2n) is 2.53.